The van der Waals surface area contributed by atoms with Gasteiger partial charge in [0, 0.05) is 10.8 Å². The fraction of sp³-hybridized carbons (Fsp3) is 0. The van der Waals surface area contributed by atoms with Gasteiger partial charge in [0.2, 0.25) is 0 Å². The summed E-state index contributed by atoms with van der Waals surface area (Å²) in [7, 11) is 0. The highest BCUT2D eigenvalue weighted by molar-refractivity contribution is 8.00. The van der Waals surface area contributed by atoms with Crippen molar-refractivity contribution in [2.45, 2.75) is 9.79 Å². The summed E-state index contributed by atoms with van der Waals surface area (Å²) in [6.45, 7) is 0. The average molecular weight is 412 g/mol. The van der Waals surface area contributed by atoms with Crippen LogP contribution in [0.4, 0.5) is 11.4 Å². The maximum atomic E-state index is 12.2. The molecular weight excluding hydrogens is 404 g/mol. The van der Waals surface area contributed by atoms with Gasteiger partial charge in [-0.3, -0.25) is 20.2 Å². The van der Waals surface area contributed by atoms with E-state index in [9.17, 15) is 29.8 Å². The molecule has 10 nitrogen and oxygen atoms in total. The summed E-state index contributed by atoms with van der Waals surface area (Å²) >= 11 is 0.581. The Morgan fingerprint density at radius 3 is 1.45 bits per heavy atom. The lowest BCUT2D eigenvalue weighted by atomic mass is 10.2. The van der Waals surface area contributed by atoms with Gasteiger partial charge in [-0.05, 0) is 24.3 Å². The highest BCUT2D eigenvalue weighted by atomic mass is 32.2. The second kappa shape index (κ2) is 6.87. The van der Waals surface area contributed by atoms with Gasteiger partial charge in [0.1, 0.15) is 21.0 Å². The minimum absolute atomic E-state index is 0.0699. The number of fused-ring (bicyclic) bond motifs is 2. The van der Waals surface area contributed by atoms with Crippen LogP contribution in [0, 0.1) is 20.2 Å². The third-order valence-electron chi connectivity index (χ3n) is 4.05. The maximum Gasteiger partial charge on any atom is 0.416 e. The molecule has 0 N–H and O–H groups in total. The minimum Gasteiger partial charge on any atom is -0.418 e. The molecule has 0 radical (unpaired) electrons. The highest BCUT2D eigenvalue weighted by Gasteiger charge is 2.31. The lowest BCUT2D eigenvalue weighted by Crippen LogP contribution is -2.10. The Morgan fingerprint density at radius 2 is 1.07 bits per heavy atom. The normalized spacial score (nSPS) is 11.0. The molecule has 4 rings (SSSR count). The van der Waals surface area contributed by atoms with Gasteiger partial charge in [-0.2, -0.15) is 0 Å². The summed E-state index contributed by atoms with van der Waals surface area (Å²) in [5, 5.41) is 23.5. The summed E-state index contributed by atoms with van der Waals surface area (Å²) < 4.78 is 9.99. The van der Waals surface area contributed by atoms with Crippen molar-refractivity contribution >= 4 is 45.1 Å². The lowest BCUT2D eigenvalue weighted by molar-refractivity contribution is -0.390. The highest BCUT2D eigenvalue weighted by Crippen LogP contribution is 2.43. The van der Waals surface area contributed by atoms with E-state index < -0.39 is 32.5 Å². The molecule has 2 aromatic heterocycles. The number of nitro groups is 2. The third kappa shape index (κ3) is 3.02. The molecule has 0 saturated heterocycles. The van der Waals surface area contributed by atoms with E-state index in [-0.39, 0.29) is 31.7 Å². The smallest absolute Gasteiger partial charge is 0.416 e. The molecule has 0 bridgehead atoms. The van der Waals surface area contributed by atoms with E-state index >= 15 is 0 Å². The molecule has 0 aliphatic heterocycles. The van der Waals surface area contributed by atoms with Crippen LogP contribution in [0.5, 0.6) is 0 Å². The molecule has 0 aliphatic carbocycles. The van der Waals surface area contributed by atoms with Gasteiger partial charge >= 0.3 is 22.6 Å². The number of hydrogen-bond acceptors (Lipinski definition) is 9. The van der Waals surface area contributed by atoms with E-state index in [1.807, 2.05) is 0 Å². The topological polar surface area (TPSA) is 147 Å². The molecule has 144 valence electrons. The van der Waals surface area contributed by atoms with E-state index in [4.69, 9.17) is 8.83 Å². The Kier molecular flexibility index (Phi) is 4.35. The molecule has 29 heavy (non-hydrogen) atoms. The predicted octanol–water partition coefficient (Wildman–Crippen LogP) is 3.87. The zero-order valence-electron chi connectivity index (χ0n) is 14.2. The number of hydrogen-bond donors (Lipinski definition) is 0. The van der Waals surface area contributed by atoms with Gasteiger partial charge in [-0.25, -0.2) is 9.59 Å². The van der Waals surface area contributed by atoms with Crippen molar-refractivity contribution in [3.05, 3.63) is 89.6 Å². The molecule has 0 aliphatic rings. The first-order valence-corrected chi connectivity index (χ1v) is 8.78. The molecule has 0 fully saturated rings. The molecule has 0 atom stereocenters. The van der Waals surface area contributed by atoms with Crippen LogP contribution in [-0.4, -0.2) is 9.85 Å². The first-order valence-electron chi connectivity index (χ1n) is 7.97. The van der Waals surface area contributed by atoms with Crippen molar-refractivity contribution in [2.24, 2.45) is 0 Å². The maximum absolute atomic E-state index is 12.2. The van der Waals surface area contributed by atoms with Gasteiger partial charge in [-0.15, -0.1) is 0 Å². The zero-order valence-corrected chi connectivity index (χ0v) is 15.0. The Morgan fingerprint density at radius 1 is 0.690 bits per heavy atom. The monoisotopic (exact) mass is 412 g/mol. The summed E-state index contributed by atoms with van der Waals surface area (Å²) in [5.74, 6) is 0. The Labute approximate surface area is 163 Å². The van der Waals surface area contributed by atoms with Crippen LogP contribution in [0.2, 0.25) is 0 Å². The van der Waals surface area contributed by atoms with E-state index in [0.29, 0.717) is 11.8 Å². The van der Waals surface area contributed by atoms with Crippen LogP contribution in [-0.2, 0) is 0 Å². The largest absolute Gasteiger partial charge is 0.418 e. The minimum atomic E-state index is -1.20. The quantitative estimate of drug-likeness (QED) is 0.277. The number of rotatable bonds is 4. The van der Waals surface area contributed by atoms with Gasteiger partial charge < -0.3 is 8.83 Å². The summed E-state index contributed by atoms with van der Waals surface area (Å²) in [5.41, 5.74) is -4.01. The van der Waals surface area contributed by atoms with Crippen molar-refractivity contribution in [1.82, 2.24) is 0 Å². The van der Waals surface area contributed by atoms with Gasteiger partial charge in [0.25, 0.3) is 0 Å². The number of para-hydroxylation sites is 2. The third-order valence-corrected chi connectivity index (χ3v) is 5.29. The Balaban J connectivity index is 2.13. The van der Waals surface area contributed by atoms with Crippen molar-refractivity contribution in [3.63, 3.8) is 0 Å². The first kappa shape index (κ1) is 18.4. The second-order valence-corrected chi connectivity index (χ2v) is 6.76. The van der Waals surface area contributed by atoms with Crippen LogP contribution in [0.15, 0.2) is 76.7 Å². The summed E-state index contributed by atoms with van der Waals surface area (Å²) in [6.07, 6.45) is 0. The van der Waals surface area contributed by atoms with E-state index in [1.54, 1.807) is 24.3 Å². The van der Waals surface area contributed by atoms with Crippen molar-refractivity contribution < 1.29 is 18.7 Å². The molecule has 0 unspecified atom stereocenters. The molecule has 0 saturated carbocycles. The SMILES string of the molecule is O=c1oc2ccccc2c(Sc2c([N+](=O)[O-])c(=O)oc3ccccc23)c1[N+](=O)[O-]. The zero-order chi connectivity index (χ0) is 20.7. The molecule has 2 aromatic carbocycles. The van der Waals surface area contributed by atoms with Crippen LogP contribution in [0.25, 0.3) is 21.9 Å². The fourth-order valence-corrected chi connectivity index (χ4v) is 4.12. The van der Waals surface area contributed by atoms with E-state index in [2.05, 4.69) is 0 Å². The van der Waals surface area contributed by atoms with Gasteiger partial charge in [-0.1, -0.05) is 36.0 Å². The number of nitrogens with zero attached hydrogens (tertiary/aromatic N) is 2. The van der Waals surface area contributed by atoms with Crippen LogP contribution in [0.3, 0.4) is 0 Å². The lowest BCUT2D eigenvalue weighted by Gasteiger charge is -2.08. The Bertz CT molecular complexity index is 1330. The van der Waals surface area contributed by atoms with Crippen molar-refractivity contribution in [3.8, 4) is 0 Å². The molecule has 0 spiro atoms. The number of benzene rings is 2. The van der Waals surface area contributed by atoms with Crippen molar-refractivity contribution in [1.29, 1.82) is 0 Å². The molecule has 4 aromatic rings. The van der Waals surface area contributed by atoms with Crippen LogP contribution in [0.1, 0.15) is 0 Å². The second-order valence-electron chi connectivity index (χ2n) is 5.74. The molecule has 0 amide bonds. The summed E-state index contributed by atoms with van der Waals surface area (Å²) in [4.78, 5) is 45.3. The van der Waals surface area contributed by atoms with E-state index in [0.717, 1.165) is 0 Å². The van der Waals surface area contributed by atoms with Crippen LogP contribution < -0.4 is 11.3 Å². The Hall–Kier alpha value is -3.99. The van der Waals surface area contributed by atoms with Gasteiger partial charge in [0.05, 0.1) is 9.85 Å². The average Bonchev–Trinajstić information content (AvgIpc) is 2.67. The molecule has 2 heterocycles. The first-order chi connectivity index (χ1) is 13.9. The van der Waals surface area contributed by atoms with Crippen LogP contribution >= 0.6 is 11.8 Å². The van der Waals surface area contributed by atoms with Crippen molar-refractivity contribution in [2.75, 3.05) is 0 Å². The fourth-order valence-electron chi connectivity index (χ4n) is 2.85. The van der Waals surface area contributed by atoms with Gasteiger partial charge in [0.15, 0.2) is 0 Å². The summed E-state index contributed by atoms with van der Waals surface area (Å²) in [6, 6.07) is 12.1. The molecular formula is C18H8N2O8S. The standard InChI is InChI=1S/C18H8N2O8S/c21-17-13(19(23)24)15(9-5-1-3-7-11(9)27-17)29-16-10-6-2-4-8-12(10)28-18(22)14(16)20(25)26/h1-8H. The van der Waals surface area contributed by atoms with E-state index in [1.165, 1.54) is 24.3 Å². The molecule has 11 heteroatoms. The predicted molar refractivity (Wildman–Crippen MR) is 102 cm³/mol.